The molecule has 0 saturated heterocycles. The second kappa shape index (κ2) is 9.26. The van der Waals surface area contributed by atoms with Crippen LogP contribution in [-0.2, 0) is 9.59 Å². The second-order valence-corrected chi connectivity index (χ2v) is 5.46. The summed E-state index contributed by atoms with van der Waals surface area (Å²) in [6.45, 7) is 1.54. The van der Waals surface area contributed by atoms with E-state index in [1.54, 1.807) is 36.4 Å². The Hall–Kier alpha value is -3.29. The van der Waals surface area contributed by atoms with Gasteiger partial charge in [0.05, 0.1) is 6.26 Å². The molecule has 2 amide bonds. The Morgan fingerprint density at radius 3 is 2.69 bits per heavy atom. The fraction of sp³-hybridized carbons (Fsp3) is 0.278. The van der Waals surface area contributed by atoms with Crippen molar-refractivity contribution in [1.82, 2.24) is 4.90 Å². The Balaban J connectivity index is 1.94. The molecule has 1 aromatic heterocycles. The first-order valence-corrected chi connectivity index (χ1v) is 8.07. The zero-order valence-corrected chi connectivity index (χ0v) is 14.3. The summed E-state index contributed by atoms with van der Waals surface area (Å²) in [6.07, 6.45) is 2.05. The number of amides is 2. The molecule has 0 spiro atoms. The number of carboxylic acid groups (broad SMARTS) is 1. The van der Waals surface area contributed by atoms with Crippen LogP contribution in [0.2, 0.25) is 0 Å². The van der Waals surface area contributed by atoms with Gasteiger partial charge in [-0.2, -0.15) is 0 Å². The van der Waals surface area contributed by atoms with Gasteiger partial charge in [-0.3, -0.25) is 14.4 Å². The average molecular weight is 360 g/mol. The van der Waals surface area contributed by atoms with Gasteiger partial charge in [0.25, 0.3) is 11.8 Å². The Morgan fingerprint density at radius 1 is 1.23 bits per heavy atom. The van der Waals surface area contributed by atoms with Crippen LogP contribution >= 0.6 is 0 Å². The zero-order valence-electron chi connectivity index (χ0n) is 14.3. The van der Waals surface area contributed by atoms with Crippen molar-refractivity contribution in [1.29, 1.82) is 0 Å². The van der Waals surface area contributed by atoms with E-state index in [9.17, 15) is 14.4 Å². The molecule has 0 radical (unpaired) electrons. The molecule has 0 aliphatic carbocycles. The first-order chi connectivity index (χ1) is 12.5. The number of aliphatic carboxylic acids is 1. The summed E-state index contributed by atoms with van der Waals surface area (Å²) in [4.78, 5) is 36.1. The van der Waals surface area contributed by atoms with Crippen molar-refractivity contribution in [3.05, 3.63) is 48.4 Å². The van der Waals surface area contributed by atoms with E-state index in [2.05, 4.69) is 5.32 Å². The van der Waals surface area contributed by atoms with Crippen LogP contribution in [0.4, 0.5) is 5.69 Å². The lowest BCUT2D eigenvalue weighted by molar-refractivity contribution is -0.145. The zero-order chi connectivity index (χ0) is 18.9. The summed E-state index contributed by atoms with van der Waals surface area (Å²) in [7, 11) is 0. The van der Waals surface area contributed by atoms with Crippen LogP contribution in [-0.4, -0.2) is 47.5 Å². The second-order valence-electron chi connectivity index (χ2n) is 5.46. The molecule has 26 heavy (non-hydrogen) atoms. The number of ether oxygens (including phenoxy) is 1. The molecular formula is C18H20N2O6. The quantitative estimate of drug-likeness (QED) is 0.710. The Kier molecular flexibility index (Phi) is 6.78. The first kappa shape index (κ1) is 19.0. The number of anilines is 1. The maximum absolute atomic E-state index is 12.1. The largest absolute Gasteiger partial charge is 0.484 e. The molecular weight excluding hydrogens is 340 g/mol. The number of benzene rings is 1. The standard InChI is InChI=1S/C18H20N2O6/c1-2-8-20(11-17(22)23)16(21)12-26-14-6-3-5-13(10-14)19-18(24)15-7-4-9-25-15/h3-7,9-10H,2,8,11-12H2,1H3,(H,19,24)(H,22,23). The van der Waals surface area contributed by atoms with Gasteiger partial charge in [-0.15, -0.1) is 0 Å². The number of carbonyl (C=O) groups is 3. The maximum atomic E-state index is 12.1. The van der Waals surface area contributed by atoms with Crippen LogP contribution < -0.4 is 10.1 Å². The van der Waals surface area contributed by atoms with E-state index in [1.807, 2.05) is 6.92 Å². The van der Waals surface area contributed by atoms with E-state index in [4.69, 9.17) is 14.3 Å². The minimum atomic E-state index is -1.07. The third-order valence-corrected chi connectivity index (χ3v) is 3.37. The van der Waals surface area contributed by atoms with Crippen LogP contribution in [0.3, 0.4) is 0 Å². The van der Waals surface area contributed by atoms with E-state index >= 15 is 0 Å². The predicted octanol–water partition coefficient (Wildman–Crippen LogP) is 2.23. The summed E-state index contributed by atoms with van der Waals surface area (Å²) < 4.78 is 10.4. The lowest BCUT2D eigenvalue weighted by atomic mass is 10.3. The van der Waals surface area contributed by atoms with E-state index in [0.717, 1.165) is 0 Å². The lowest BCUT2D eigenvalue weighted by Crippen LogP contribution is -2.39. The molecule has 1 aromatic carbocycles. The van der Waals surface area contributed by atoms with Crippen LogP contribution in [0.5, 0.6) is 5.75 Å². The molecule has 8 heteroatoms. The normalized spacial score (nSPS) is 10.2. The molecule has 0 bridgehead atoms. The summed E-state index contributed by atoms with van der Waals surface area (Å²) in [6, 6.07) is 9.69. The van der Waals surface area contributed by atoms with Gasteiger partial charge in [-0.05, 0) is 30.7 Å². The Morgan fingerprint density at radius 2 is 2.04 bits per heavy atom. The highest BCUT2D eigenvalue weighted by Crippen LogP contribution is 2.18. The topological polar surface area (TPSA) is 109 Å². The smallest absolute Gasteiger partial charge is 0.323 e. The summed E-state index contributed by atoms with van der Waals surface area (Å²) in [5.41, 5.74) is 0.479. The van der Waals surface area contributed by atoms with Gasteiger partial charge >= 0.3 is 5.97 Å². The Bertz CT molecular complexity index is 757. The molecule has 1 heterocycles. The molecule has 2 aromatic rings. The van der Waals surface area contributed by atoms with Gasteiger partial charge < -0.3 is 24.5 Å². The van der Waals surface area contributed by atoms with E-state index in [-0.39, 0.29) is 18.9 Å². The molecule has 138 valence electrons. The Labute approximate surface area is 150 Å². The van der Waals surface area contributed by atoms with Crippen LogP contribution in [0.1, 0.15) is 23.9 Å². The van der Waals surface area contributed by atoms with Crippen molar-refractivity contribution < 1.29 is 28.6 Å². The van der Waals surface area contributed by atoms with E-state index < -0.39 is 17.8 Å². The minimum absolute atomic E-state index is 0.176. The van der Waals surface area contributed by atoms with Crippen molar-refractivity contribution in [3.8, 4) is 5.75 Å². The van der Waals surface area contributed by atoms with Gasteiger partial charge in [0.2, 0.25) is 0 Å². The average Bonchev–Trinajstić information content (AvgIpc) is 3.14. The molecule has 2 N–H and O–H groups in total. The van der Waals surface area contributed by atoms with Crippen LogP contribution in [0.15, 0.2) is 47.1 Å². The number of rotatable bonds is 9. The minimum Gasteiger partial charge on any atom is -0.484 e. The monoisotopic (exact) mass is 360 g/mol. The van der Waals surface area contributed by atoms with Gasteiger partial charge in [0.1, 0.15) is 12.3 Å². The van der Waals surface area contributed by atoms with Gasteiger partial charge in [0, 0.05) is 18.3 Å². The number of carboxylic acids is 1. The van der Waals surface area contributed by atoms with Gasteiger partial charge in [-0.1, -0.05) is 13.0 Å². The summed E-state index contributed by atoms with van der Waals surface area (Å²) in [5.74, 6) is -1.34. The summed E-state index contributed by atoms with van der Waals surface area (Å²) >= 11 is 0. The van der Waals surface area contributed by atoms with E-state index in [0.29, 0.717) is 24.4 Å². The van der Waals surface area contributed by atoms with Crippen molar-refractivity contribution >= 4 is 23.5 Å². The molecule has 0 aliphatic rings. The van der Waals surface area contributed by atoms with Gasteiger partial charge in [0.15, 0.2) is 12.4 Å². The lowest BCUT2D eigenvalue weighted by Gasteiger charge is -2.20. The molecule has 0 fully saturated rings. The van der Waals surface area contributed by atoms with Crippen molar-refractivity contribution in [2.24, 2.45) is 0 Å². The maximum Gasteiger partial charge on any atom is 0.323 e. The number of nitrogens with one attached hydrogen (secondary N) is 1. The third-order valence-electron chi connectivity index (χ3n) is 3.37. The molecule has 0 saturated carbocycles. The predicted molar refractivity (Wildman–Crippen MR) is 93.1 cm³/mol. The highest BCUT2D eigenvalue weighted by atomic mass is 16.5. The van der Waals surface area contributed by atoms with Gasteiger partial charge in [-0.25, -0.2) is 0 Å². The molecule has 0 atom stereocenters. The molecule has 2 rings (SSSR count). The summed E-state index contributed by atoms with van der Waals surface area (Å²) in [5, 5.41) is 11.5. The molecule has 8 nitrogen and oxygen atoms in total. The highest BCUT2D eigenvalue weighted by molar-refractivity contribution is 6.02. The van der Waals surface area contributed by atoms with Crippen molar-refractivity contribution in [2.45, 2.75) is 13.3 Å². The fourth-order valence-corrected chi connectivity index (χ4v) is 2.23. The SMILES string of the molecule is CCCN(CC(=O)O)C(=O)COc1cccc(NC(=O)c2ccco2)c1. The van der Waals surface area contributed by atoms with Crippen molar-refractivity contribution in [2.75, 3.05) is 25.0 Å². The fourth-order valence-electron chi connectivity index (χ4n) is 2.23. The van der Waals surface area contributed by atoms with Crippen molar-refractivity contribution in [3.63, 3.8) is 0 Å². The molecule has 0 aliphatic heterocycles. The number of carbonyl (C=O) groups excluding carboxylic acids is 2. The van der Waals surface area contributed by atoms with E-state index in [1.165, 1.54) is 11.2 Å². The number of nitrogens with zero attached hydrogens (tertiary/aromatic N) is 1. The number of furan rings is 1. The highest BCUT2D eigenvalue weighted by Gasteiger charge is 2.16. The first-order valence-electron chi connectivity index (χ1n) is 8.07. The number of hydrogen-bond donors (Lipinski definition) is 2. The third kappa shape index (κ3) is 5.66. The number of hydrogen-bond acceptors (Lipinski definition) is 5. The van der Waals surface area contributed by atoms with Crippen LogP contribution in [0.25, 0.3) is 0 Å². The van der Waals surface area contributed by atoms with Crippen LogP contribution in [0, 0.1) is 0 Å². The molecule has 0 unspecified atom stereocenters.